The van der Waals surface area contributed by atoms with E-state index in [2.05, 4.69) is 15.9 Å². The number of halogens is 1. The molecule has 1 aliphatic carbocycles. The molecule has 3 aromatic carbocycles. The lowest BCUT2D eigenvalue weighted by Crippen LogP contribution is -2.21. The van der Waals surface area contributed by atoms with Crippen LogP contribution in [0.4, 0.5) is 0 Å². The van der Waals surface area contributed by atoms with Gasteiger partial charge in [-0.25, -0.2) is 0 Å². The summed E-state index contributed by atoms with van der Waals surface area (Å²) in [5.74, 6) is -0.178. The van der Waals surface area contributed by atoms with Crippen LogP contribution >= 0.6 is 15.9 Å². The summed E-state index contributed by atoms with van der Waals surface area (Å²) < 4.78 is 0.971. The summed E-state index contributed by atoms with van der Waals surface area (Å²) in [5.41, 5.74) is 3.66. The smallest absolute Gasteiger partial charge is 0.195 e. The number of fused-ring (bicyclic) bond motifs is 2. The van der Waals surface area contributed by atoms with Crippen LogP contribution in [0.2, 0.25) is 0 Å². The van der Waals surface area contributed by atoms with E-state index in [0.717, 1.165) is 15.6 Å². The van der Waals surface area contributed by atoms with Gasteiger partial charge in [-0.3, -0.25) is 9.59 Å². The maximum absolute atomic E-state index is 13.0. The molecule has 0 spiro atoms. The highest BCUT2D eigenvalue weighted by Gasteiger charge is 2.31. The standard InChI is InChI=1S/C20H11BrO2/c21-13-10-8-12(9-11-13)14-6-3-7-17-18(14)20(23)16-5-2-1-4-15(16)19(17)22/h1-11H. The van der Waals surface area contributed by atoms with Crippen LogP contribution in [0, 0.1) is 0 Å². The molecule has 2 nitrogen and oxygen atoms in total. The first-order valence-electron chi connectivity index (χ1n) is 7.24. The minimum Gasteiger partial charge on any atom is -0.289 e. The highest BCUT2D eigenvalue weighted by molar-refractivity contribution is 9.10. The normalized spacial score (nSPS) is 12.7. The van der Waals surface area contributed by atoms with E-state index >= 15 is 0 Å². The molecule has 110 valence electrons. The van der Waals surface area contributed by atoms with Gasteiger partial charge >= 0.3 is 0 Å². The predicted octanol–water partition coefficient (Wildman–Crippen LogP) is 4.89. The molecule has 0 saturated carbocycles. The van der Waals surface area contributed by atoms with Crippen molar-refractivity contribution in [3.63, 3.8) is 0 Å². The van der Waals surface area contributed by atoms with Crippen molar-refractivity contribution in [1.82, 2.24) is 0 Å². The fourth-order valence-corrected chi connectivity index (χ4v) is 3.28. The van der Waals surface area contributed by atoms with Crippen molar-refractivity contribution in [2.45, 2.75) is 0 Å². The van der Waals surface area contributed by atoms with E-state index in [-0.39, 0.29) is 11.6 Å². The quantitative estimate of drug-likeness (QED) is 0.483. The molecule has 0 radical (unpaired) electrons. The fourth-order valence-electron chi connectivity index (χ4n) is 3.02. The molecular weight excluding hydrogens is 352 g/mol. The van der Waals surface area contributed by atoms with Crippen LogP contribution in [-0.4, -0.2) is 11.6 Å². The topological polar surface area (TPSA) is 34.1 Å². The maximum Gasteiger partial charge on any atom is 0.195 e. The average molecular weight is 363 g/mol. The number of hydrogen-bond acceptors (Lipinski definition) is 2. The summed E-state index contributed by atoms with van der Waals surface area (Å²) in [5, 5.41) is 0. The van der Waals surface area contributed by atoms with Crippen molar-refractivity contribution in [3.8, 4) is 11.1 Å². The first-order chi connectivity index (χ1) is 11.2. The third-order valence-corrected chi connectivity index (χ3v) is 4.64. The maximum atomic E-state index is 13.0. The van der Waals surface area contributed by atoms with E-state index in [9.17, 15) is 9.59 Å². The second-order valence-electron chi connectivity index (χ2n) is 5.44. The van der Waals surface area contributed by atoms with Crippen LogP contribution in [0.5, 0.6) is 0 Å². The van der Waals surface area contributed by atoms with E-state index in [1.807, 2.05) is 36.4 Å². The number of carbonyl (C=O) groups excluding carboxylic acids is 2. The van der Waals surface area contributed by atoms with Crippen LogP contribution in [0.15, 0.2) is 71.2 Å². The van der Waals surface area contributed by atoms with E-state index < -0.39 is 0 Å². The number of hydrogen-bond donors (Lipinski definition) is 0. The molecule has 23 heavy (non-hydrogen) atoms. The summed E-state index contributed by atoms with van der Waals surface area (Å²) in [4.78, 5) is 25.7. The molecule has 3 heteroatoms. The molecule has 0 atom stereocenters. The molecule has 0 saturated heterocycles. The van der Waals surface area contributed by atoms with Crippen LogP contribution < -0.4 is 0 Å². The zero-order valence-electron chi connectivity index (χ0n) is 12.0. The van der Waals surface area contributed by atoms with E-state index in [0.29, 0.717) is 22.3 Å². The third kappa shape index (κ3) is 2.16. The Morgan fingerprint density at radius 3 is 1.83 bits per heavy atom. The highest BCUT2D eigenvalue weighted by Crippen LogP contribution is 2.34. The van der Waals surface area contributed by atoms with Crippen molar-refractivity contribution < 1.29 is 9.59 Å². The van der Waals surface area contributed by atoms with Crippen molar-refractivity contribution in [3.05, 3.63) is 93.5 Å². The summed E-state index contributed by atoms with van der Waals surface area (Å²) in [6, 6.07) is 20.2. The highest BCUT2D eigenvalue weighted by atomic mass is 79.9. The summed E-state index contributed by atoms with van der Waals surface area (Å²) in [7, 11) is 0. The Kier molecular flexibility index (Phi) is 3.24. The van der Waals surface area contributed by atoms with Gasteiger partial charge in [0, 0.05) is 26.7 Å². The van der Waals surface area contributed by atoms with Gasteiger partial charge in [-0.05, 0) is 23.3 Å². The van der Waals surface area contributed by atoms with Gasteiger partial charge in [-0.2, -0.15) is 0 Å². The lowest BCUT2D eigenvalue weighted by molar-refractivity contribution is 0.0979. The van der Waals surface area contributed by atoms with Crippen LogP contribution in [0.25, 0.3) is 11.1 Å². The molecule has 0 bridgehead atoms. The molecule has 0 N–H and O–H groups in total. The van der Waals surface area contributed by atoms with Gasteiger partial charge in [0.1, 0.15) is 0 Å². The average Bonchev–Trinajstić information content (AvgIpc) is 2.60. The van der Waals surface area contributed by atoms with E-state index in [4.69, 9.17) is 0 Å². The zero-order valence-corrected chi connectivity index (χ0v) is 13.6. The van der Waals surface area contributed by atoms with Crippen LogP contribution in [-0.2, 0) is 0 Å². The molecule has 0 fully saturated rings. The van der Waals surface area contributed by atoms with Gasteiger partial charge in [-0.1, -0.05) is 70.5 Å². The van der Waals surface area contributed by atoms with Gasteiger partial charge in [-0.15, -0.1) is 0 Å². The first kappa shape index (κ1) is 14.1. The van der Waals surface area contributed by atoms with Gasteiger partial charge in [0.15, 0.2) is 11.6 Å². The minimum atomic E-state index is -0.0891. The molecule has 0 unspecified atom stereocenters. The number of carbonyl (C=O) groups is 2. The Labute approximate surface area is 141 Å². The Morgan fingerprint density at radius 1 is 0.565 bits per heavy atom. The van der Waals surface area contributed by atoms with Crippen molar-refractivity contribution >= 4 is 27.5 Å². The Bertz CT molecular complexity index is 956. The third-order valence-electron chi connectivity index (χ3n) is 4.11. The second kappa shape index (κ2) is 5.28. The second-order valence-corrected chi connectivity index (χ2v) is 6.35. The van der Waals surface area contributed by atoms with Gasteiger partial charge in [0.05, 0.1) is 0 Å². The van der Waals surface area contributed by atoms with Crippen molar-refractivity contribution in [1.29, 1.82) is 0 Å². The molecule has 0 amide bonds. The Hall–Kier alpha value is -2.52. The van der Waals surface area contributed by atoms with Gasteiger partial charge in [0.25, 0.3) is 0 Å². The summed E-state index contributed by atoms with van der Waals surface area (Å²) >= 11 is 3.41. The van der Waals surface area contributed by atoms with Crippen LogP contribution in [0.1, 0.15) is 31.8 Å². The van der Waals surface area contributed by atoms with Crippen molar-refractivity contribution in [2.24, 2.45) is 0 Å². The lowest BCUT2D eigenvalue weighted by atomic mass is 9.80. The summed E-state index contributed by atoms with van der Waals surface area (Å²) in [6.07, 6.45) is 0. The molecular formula is C20H11BrO2. The summed E-state index contributed by atoms with van der Waals surface area (Å²) in [6.45, 7) is 0. The van der Waals surface area contributed by atoms with Gasteiger partial charge < -0.3 is 0 Å². The van der Waals surface area contributed by atoms with E-state index in [1.165, 1.54) is 0 Å². The van der Waals surface area contributed by atoms with E-state index in [1.54, 1.807) is 30.3 Å². The van der Waals surface area contributed by atoms with Crippen LogP contribution in [0.3, 0.4) is 0 Å². The first-order valence-corrected chi connectivity index (χ1v) is 8.03. The molecule has 3 aromatic rings. The fraction of sp³-hybridized carbons (Fsp3) is 0. The molecule has 1 aliphatic rings. The molecule has 0 aliphatic heterocycles. The SMILES string of the molecule is O=C1c2ccccc2C(=O)c2c1cccc2-c1ccc(Br)cc1. The number of benzene rings is 3. The van der Waals surface area contributed by atoms with Gasteiger partial charge in [0.2, 0.25) is 0 Å². The Morgan fingerprint density at radius 2 is 1.13 bits per heavy atom. The monoisotopic (exact) mass is 362 g/mol. The lowest BCUT2D eigenvalue weighted by Gasteiger charge is -2.20. The minimum absolute atomic E-state index is 0.0887. The predicted molar refractivity (Wildman–Crippen MR) is 92.9 cm³/mol. The number of rotatable bonds is 1. The molecule has 4 rings (SSSR count). The number of ketones is 2. The van der Waals surface area contributed by atoms with Crippen molar-refractivity contribution in [2.75, 3.05) is 0 Å². The Balaban J connectivity index is 1.99. The largest absolute Gasteiger partial charge is 0.289 e. The molecule has 0 heterocycles. The zero-order chi connectivity index (χ0) is 16.0. The molecule has 0 aromatic heterocycles.